The van der Waals surface area contributed by atoms with Gasteiger partial charge in [0.25, 0.3) is 0 Å². The molecule has 0 atom stereocenters. The minimum Gasteiger partial charge on any atom is -0.358 e. The highest BCUT2D eigenvalue weighted by molar-refractivity contribution is 6.09. The van der Waals surface area contributed by atoms with Crippen molar-refractivity contribution >= 4 is 22.5 Å². The fourth-order valence-corrected chi connectivity index (χ4v) is 2.40. The molecule has 2 heterocycles. The van der Waals surface area contributed by atoms with Crippen LogP contribution in [0.25, 0.3) is 10.9 Å². The number of benzene rings is 1. The number of nitrogens with one attached hydrogen (secondary N) is 1. The number of nitrogens with zero attached hydrogens (tertiary/aromatic N) is 3. The van der Waals surface area contributed by atoms with Crippen molar-refractivity contribution in [3.8, 4) is 0 Å². The van der Waals surface area contributed by atoms with Crippen LogP contribution in [0.15, 0.2) is 30.5 Å². The Morgan fingerprint density at radius 1 is 1.29 bits per heavy atom. The molecular weight excluding hydrogens is 268 g/mol. The van der Waals surface area contributed by atoms with E-state index in [-0.39, 0.29) is 23.8 Å². The molecular formula is C15H14N4O2. The summed E-state index contributed by atoms with van der Waals surface area (Å²) in [4.78, 5) is 26.9. The largest absolute Gasteiger partial charge is 0.358 e. The topological polar surface area (TPSA) is 80.6 Å². The van der Waals surface area contributed by atoms with E-state index >= 15 is 0 Å². The fraction of sp³-hybridized carbons (Fsp3) is 0.200. The number of ketones is 2. The van der Waals surface area contributed by atoms with Crippen molar-refractivity contribution in [2.24, 2.45) is 0 Å². The van der Waals surface area contributed by atoms with Crippen LogP contribution in [0.1, 0.15) is 33.5 Å². The van der Waals surface area contributed by atoms with E-state index in [1.54, 1.807) is 0 Å². The summed E-state index contributed by atoms with van der Waals surface area (Å²) >= 11 is 0. The van der Waals surface area contributed by atoms with Crippen molar-refractivity contribution in [2.75, 3.05) is 0 Å². The van der Waals surface area contributed by atoms with Gasteiger partial charge in [-0.25, -0.2) is 4.68 Å². The van der Waals surface area contributed by atoms with Crippen LogP contribution in [0.4, 0.5) is 0 Å². The Kier molecular flexibility index (Phi) is 3.13. The summed E-state index contributed by atoms with van der Waals surface area (Å²) in [6.07, 6.45) is 1.49. The number of aromatic nitrogens is 4. The molecule has 1 N–H and O–H groups in total. The predicted octanol–water partition coefficient (Wildman–Crippen LogP) is 2.15. The van der Waals surface area contributed by atoms with E-state index in [2.05, 4.69) is 15.3 Å². The summed E-state index contributed by atoms with van der Waals surface area (Å²) in [6, 6.07) is 7.66. The van der Waals surface area contributed by atoms with Gasteiger partial charge in [0, 0.05) is 29.1 Å². The average Bonchev–Trinajstić information content (AvgIpc) is 3.01. The molecule has 0 radical (unpaired) electrons. The van der Waals surface area contributed by atoms with E-state index < -0.39 is 0 Å². The van der Waals surface area contributed by atoms with Gasteiger partial charge in [-0.1, -0.05) is 23.4 Å². The summed E-state index contributed by atoms with van der Waals surface area (Å²) in [5.41, 5.74) is 2.68. The standard InChI is InChI=1S/C15H14N4O2/c1-9-15(11-5-3-4-6-12(11)16-9)14(21)8-19-7-13(10(2)20)17-18-19/h3-7,16H,8H2,1-2H3. The first-order chi connectivity index (χ1) is 10.1. The van der Waals surface area contributed by atoms with Crippen LogP contribution in [0, 0.1) is 6.92 Å². The molecule has 0 bridgehead atoms. The third kappa shape index (κ3) is 2.35. The van der Waals surface area contributed by atoms with Gasteiger partial charge < -0.3 is 4.98 Å². The number of Topliss-reactive ketones (excluding diaryl/α,β-unsaturated/α-hetero) is 2. The Labute approximate surface area is 120 Å². The van der Waals surface area contributed by atoms with E-state index in [1.807, 2.05) is 31.2 Å². The molecule has 0 spiro atoms. The van der Waals surface area contributed by atoms with Gasteiger partial charge in [0.2, 0.25) is 0 Å². The maximum atomic E-state index is 12.5. The molecule has 0 unspecified atom stereocenters. The third-order valence-corrected chi connectivity index (χ3v) is 3.38. The molecule has 2 aromatic heterocycles. The van der Waals surface area contributed by atoms with Gasteiger partial charge >= 0.3 is 0 Å². The van der Waals surface area contributed by atoms with Gasteiger partial charge in [-0.2, -0.15) is 0 Å². The quantitative estimate of drug-likeness (QED) is 0.743. The first kappa shape index (κ1) is 13.2. The Bertz CT molecular complexity index is 844. The number of fused-ring (bicyclic) bond motifs is 1. The minimum absolute atomic E-state index is 0.0585. The Hall–Kier alpha value is -2.76. The second-order valence-corrected chi connectivity index (χ2v) is 4.95. The van der Waals surface area contributed by atoms with Crippen molar-refractivity contribution in [1.82, 2.24) is 20.0 Å². The molecule has 0 fully saturated rings. The van der Waals surface area contributed by atoms with Crippen LogP contribution in [-0.2, 0) is 6.54 Å². The van der Waals surface area contributed by atoms with Crippen LogP contribution < -0.4 is 0 Å². The van der Waals surface area contributed by atoms with E-state index in [0.29, 0.717) is 5.56 Å². The monoisotopic (exact) mass is 282 g/mol. The second kappa shape index (κ2) is 4.97. The third-order valence-electron chi connectivity index (χ3n) is 3.38. The Balaban J connectivity index is 1.93. The van der Waals surface area contributed by atoms with Gasteiger partial charge in [0.05, 0.1) is 6.20 Å². The molecule has 0 amide bonds. The molecule has 0 aliphatic carbocycles. The lowest BCUT2D eigenvalue weighted by Gasteiger charge is -2.01. The van der Waals surface area contributed by atoms with Crippen LogP contribution in [0.2, 0.25) is 0 Å². The van der Waals surface area contributed by atoms with Crippen LogP contribution in [0.3, 0.4) is 0 Å². The summed E-state index contributed by atoms with van der Waals surface area (Å²) in [5, 5.41) is 8.45. The van der Waals surface area contributed by atoms with Crippen LogP contribution in [-0.4, -0.2) is 31.5 Å². The smallest absolute Gasteiger partial charge is 0.186 e. The maximum Gasteiger partial charge on any atom is 0.186 e. The molecule has 106 valence electrons. The SMILES string of the molecule is CC(=O)c1cn(CC(=O)c2c(C)[nH]c3ccccc23)nn1. The highest BCUT2D eigenvalue weighted by Crippen LogP contribution is 2.22. The Morgan fingerprint density at radius 2 is 2.05 bits per heavy atom. The van der Waals surface area contributed by atoms with E-state index in [1.165, 1.54) is 17.8 Å². The first-order valence-electron chi connectivity index (χ1n) is 6.58. The summed E-state index contributed by atoms with van der Waals surface area (Å²) in [5.74, 6) is -0.234. The number of H-pyrrole nitrogens is 1. The molecule has 0 aliphatic rings. The summed E-state index contributed by atoms with van der Waals surface area (Å²) in [7, 11) is 0. The number of carbonyl (C=O) groups excluding carboxylic acids is 2. The van der Waals surface area contributed by atoms with Crippen molar-refractivity contribution in [1.29, 1.82) is 0 Å². The molecule has 6 heteroatoms. The highest BCUT2D eigenvalue weighted by atomic mass is 16.1. The number of carbonyl (C=O) groups is 2. The first-order valence-corrected chi connectivity index (χ1v) is 6.58. The normalized spacial score (nSPS) is 11.0. The van der Waals surface area contributed by atoms with E-state index in [0.717, 1.165) is 16.6 Å². The number of hydrogen-bond acceptors (Lipinski definition) is 4. The zero-order chi connectivity index (χ0) is 15.0. The van der Waals surface area contributed by atoms with E-state index in [4.69, 9.17) is 0 Å². The van der Waals surface area contributed by atoms with Gasteiger partial charge in [0.15, 0.2) is 11.6 Å². The lowest BCUT2D eigenvalue weighted by atomic mass is 10.1. The highest BCUT2D eigenvalue weighted by Gasteiger charge is 2.17. The Morgan fingerprint density at radius 3 is 2.76 bits per heavy atom. The fourth-order valence-electron chi connectivity index (χ4n) is 2.40. The van der Waals surface area contributed by atoms with Gasteiger partial charge in [0.1, 0.15) is 12.2 Å². The number of aryl methyl sites for hydroxylation is 1. The number of aromatic amines is 1. The minimum atomic E-state index is -0.169. The van der Waals surface area contributed by atoms with Crippen molar-refractivity contribution in [3.63, 3.8) is 0 Å². The average molecular weight is 282 g/mol. The number of rotatable bonds is 4. The van der Waals surface area contributed by atoms with Crippen molar-refractivity contribution < 1.29 is 9.59 Å². The van der Waals surface area contributed by atoms with Crippen LogP contribution in [0.5, 0.6) is 0 Å². The zero-order valence-electron chi connectivity index (χ0n) is 11.8. The van der Waals surface area contributed by atoms with Gasteiger partial charge in [-0.05, 0) is 13.0 Å². The molecule has 3 aromatic rings. The zero-order valence-corrected chi connectivity index (χ0v) is 11.8. The number of para-hydroxylation sites is 1. The molecule has 0 saturated heterocycles. The molecule has 3 rings (SSSR count). The lowest BCUT2D eigenvalue weighted by Crippen LogP contribution is -2.11. The molecule has 21 heavy (non-hydrogen) atoms. The van der Waals surface area contributed by atoms with Gasteiger partial charge in [-0.3, -0.25) is 9.59 Å². The van der Waals surface area contributed by atoms with E-state index in [9.17, 15) is 9.59 Å². The molecule has 0 saturated carbocycles. The molecule has 0 aliphatic heterocycles. The molecule has 6 nitrogen and oxygen atoms in total. The molecule has 1 aromatic carbocycles. The summed E-state index contributed by atoms with van der Waals surface area (Å²) < 4.78 is 1.39. The number of hydrogen-bond donors (Lipinski definition) is 1. The van der Waals surface area contributed by atoms with Crippen molar-refractivity contribution in [3.05, 3.63) is 47.4 Å². The predicted molar refractivity (Wildman–Crippen MR) is 77.4 cm³/mol. The van der Waals surface area contributed by atoms with Crippen LogP contribution >= 0.6 is 0 Å². The van der Waals surface area contributed by atoms with Gasteiger partial charge in [-0.15, -0.1) is 5.10 Å². The lowest BCUT2D eigenvalue weighted by molar-refractivity contribution is 0.0965. The summed E-state index contributed by atoms with van der Waals surface area (Å²) in [6.45, 7) is 3.35. The van der Waals surface area contributed by atoms with Crippen molar-refractivity contribution in [2.45, 2.75) is 20.4 Å². The maximum absolute atomic E-state index is 12.5. The second-order valence-electron chi connectivity index (χ2n) is 4.95.